The van der Waals surface area contributed by atoms with Gasteiger partial charge in [0, 0.05) is 17.6 Å². The minimum atomic E-state index is -3.85. The number of halogens is 1. The molecule has 0 aliphatic carbocycles. The summed E-state index contributed by atoms with van der Waals surface area (Å²) in [4.78, 5) is 12.4. The molecule has 1 fully saturated rings. The van der Waals surface area contributed by atoms with Gasteiger partial charge < -0.3 is 10.6 Å². The molecule has 0 bridgehead atoms. The van der Waals surface area contributed by atoms with Crippen molar-refractivity contribution in [3.05, 3.63) is 28.8 Å². The van der Waals surface area contributed by atoms with Crippen LogP contribution in [-0.2, 0) is 10.0 Å². The van der Waals surface area contributed by atoms with E-state index in [0.717, 1.165) is 24.9 Å². The SMILES string of the molecule is Cc1cc(C(=O)NC2CCCNC2C)cc(S(N)(=O)=O)c1C.Cl. The first-order valence-electron chi connectivity index (χ1n) is 7.38. The summed E-state index contributed by atoms with van der Waals surface area (Å²) in [6.45, 7) is 6.43. The number of sulfonamides is 1. The number of hydrogen-bond acceptors (Lipinski definition) is 4. The quantitative estimate of drug-likeness (QED) is 0.753. The number of amides is 1. The minimum absolute atomic E-state index is 0. The van der Waals surface area contributed by atoms with Gasteiger partial charge in [-0.3, -0.25) is 4.79 Å². The minimum Gasteiger partial charge on any atom is -0.348 e. The van der Waals surface area contributed by atoms with Crippen LogP contribution >= 0.6 is 12.4 Å². The van der Waals surface area contributed by atoms with Gasteiger partial charge in [0.1, 0.15) is 0 Å². The molecule has 1 heterocycles. The van der Waals surface area contributed by atoms with Gasteiger partial charge in [0.15, 0.2) is 0 Å². The Morgan fingerprint density at radius 3 is 2.57 bits per heavy atom. The number of nitrogens with one attached hydrogen (secondary N) is 2. The first-order valence-corrected chi connectivity index (χ1v) is 8.93. The van der Waals surface area contributed by atoms with Crippen LogP contribution in [0, 0.1) is 13.8 Å². The molecule has 0 radical (unpaired) electrons. The Morgan fingerprint density at radius 2 is 2.00 bits per heavy atom. The van der Waals surface area contributed by atoms with Crippen molar-refractivity contribution >= 4 is 28.3 Å². The van der Waals surface area contributed by atoms with E-state index in [4.69, 9.17) is 5.14 Å². The van der Waals surface area contributed by atoms with E-state index in [-0.39, 0.29) is 35.3 Å². The van der Waals surface area contributed by atoms with Crippen molar-refractivity contribution in [3.8, 4) is 0 Å². The third-order valence-corrected chi connectivity index (χ3v) is 5.30. The van der Waals surface area contributed by atoms with Crippen molar-refractivity contribution in [1.82, 2.24) is 10.6 Å². The molecule has 0 saturated carbocycles. The summed E-state index contributed by atoms with van der Waals surface area (Å²) in [6, 6.07) is 3.29. The zero-order valence-electron chi connectivity index (χ0n) is 13.5. The number of hydrogen-bond donors (Lipinski definition) is 3. The second-order valence-corrected chi connectivity index (χ2v) is 7.46. The molecule has 0 aromatic heterocycles. The molecule has 1 amide bonds. The molecular weight excluding hydrogens is 338 g/mol. The van der Waals surface area contributed by atoms with Crippen LogP contribution in [-0.4, -0.2) is 33.0 Å². The molecule has 2 atom stereocenters. The topological polar surface area (TPSA) is 101 Å². The lowest BCUT2D eigenvalue weighted by Crippen LogP contribution is -2.51. The third-order valence-electron chi connectivity index (χ3n) is 4.27. The highest BCUT2D eigenvalue weighted by Crippen LogP contribution is 2.20. The van der Waals surface area contributed by atoms with Gasteiger partial charge in [0.05, 0.1) is 4.90 Å². The third kappa shape index (κ3) is 4.67. The predicted octanol–water partition coefficient (Wildman–Crippen LogP) is 1.24. The second kappa shape index (κ2) is 7.61. The second-order valence-electron chi connectivity index (χ2n) is 5.93. The predicted molar refractivity (Wildman–Crippen MR) is 92.5 cm³/mol. The van der Waals surface area contributed by atoms with Crippen LogP contribution in [0.15, 0.2) is 17.0 Å². The molecule has 0 spiro atoms. The highest BCUT2D eigenvalue weighted by atomic mass is 35.5. The number of rotatable bonds is 3. The average Bonchev–Trinajstić information content (AvgIpc) is 2.42. The van der Waals surface area contributed by atoms with Crippen molar-refractivity contribution in [2.75, 3.05) is 6.54 Å². The van der Waals surface area contributed by atoms with Crippen molar-refractivity contribution in [2.45, 2.75) is 50.6 Å². The van der Waals surface area contributed by atoms with Gasteiger partial charge in [0.2, 0.25) is 10.0 Å². The van der Waals surface area contributed by atoms with E-state index in [1.165, 1.54) is 6.07 Å². The number of carbonyl (C=O) groups is 1. The highest BCUT2D eigenvalue weighted by Gasteiger charge is 2.24. The number of piperidine rings is 1. The van der Waals surface area contributed by atoms with Crippen molar-refractivity contribution in [3.63, 3.8) is 0 Å². The standard InChI is InChI=1S/C15H23N3O3S.ClH/c1-9-7-12(8-14(10(9)2)22(16,20)21)15(19)18-13-5-4-6-17-11(13)3;/h7-8,11,13,17H,4-6H2,1-3H3,(H,18,19)(H2,16,20,21);1H. The van der Waals surface area contributed by atoms with E-state index in [0.29, 0.717) is 11.1 Å². The Morgan fingerprint density at radius 1 is 1.35 bits per heavy atom. The van der Waals surface area contributed by atoms with Crippen molar-refractivity contribution < 1.29 is 13.2 Å². The molecule has 1 saturated heterocycles. The molecule has 2 unspecified atom stereocenters. The Balaban J connectivity index is 0.00000264. The van der Waals surface area contributed by atoms with E-state index in [1.807, 2.05) is 6.92 Å². The molecular formula is C15H24ClN3O3S. The summed E-state index contributed by atoms with van der Waals surface area (Å²) >= 11 is 0. The van der Waals surface area contributed by atoms with Crippen LogP contribution in [0.5, 0.6) is 0 Å². The monoisotopic (exact) mass is 361 g/mol. The van der Waals surface area contributed by atoms with Gasteiger partial charge in [-0.25, -0.2) is 13.6 Å². The maximum absolute atomic E-state index is 12.4. The number of carbonyl (C=O) groups excluding carboxylic acids is 1. The molecule has 1 aromatic rings. The van der Waals surface area contributed by atoms with Gasteiger partial charge in [-0.1, -0.05) is 0 Å². The summed E-state index contributed by atoms with van der Waals surface area (Å²) in [6.07, 6.45) is 1.91. The lowest BCUT2D eigenvalue weighted by molar-refractivity contribution is 0.0919. The van der Waals surface area contributed by atoms with Crippen molar-refractivity contribution in [1.29, 1.82) is 0 Å². The van der Waals surface area contributed by atoms with Gasteiger partial charge >= 0.3 is 0 Å². The molecule has 1 aliphatic heterocycles. The van der Waals surface area contributed by atoms with E-state index in [9.17, 15) is 13.2 Å². The first-order chi connectivity index (χ1) is 10.2. The largest absolute Gasteiger partial charge is 0.348 e. The van der Waals surface area contributed by atoms with E-state index >= 15 is 0 Å². The Labute approximate surface area is 143 Å². The maximum atomic E-state index is 12.4. The molecule has 6 nitrogen and oxygen atoms in total. The lowest BCUT2D eigenvalue weighted by atomic mass is 9.99. The van der Waals surface area contributed by atoms with Crippen LogP contribution in [0.2, 0.25) is 0 Å². The van der Waals surface area contributed by atoms with Crippen LogP contribution in [0.4, 0.5) is 0 Å². The fraction of sp³-hybridized carbons (Fsp3) is 0.533. The average molecular weight is 362 g/mol. The summed E-state index contributed by atoms with van der Waals surface area (Å²) in [5, 5.41) is 11.5. The first kappa shape index (κ1) is 19.9. The zero-order valence-corrected chi connectivity index (χ0v) is 15.2. The maximum Gasteiger partial charge on any atom is 0.251 e. The van der Waals surface area contributed by atoms with Crippen LogP contribution in [0.25, 0.3) is 0 Å². The van der Waals surface area contributed by atoms with Gasteiger partial charge in [-0.15, -0.1) is 12.4 Å². The molecule has 1 aromatic carbocycles. The lowest BCUT2D eigenvalue weighted by Gasteiger charge is -2.30. The van der Waals surface area contributed by atoms with Crippen LogP contribution in [0.1, 0.15) is 41.3 Å². The van der Waals surface area contributed by atoms with Crippen LogP contribution in [0.3, 0.4) is 0 Å². The van der Waals surface area contributed by atoms with E-state index in [1.54, 1.807) is 19.9 Å². The normalized spacial score (nSPS) is 21.4. The molecule has 8 heteroatoms. The summed E-state index contributed by atoms with van der Waals surface area (Å²) in [7, 11) is -3.85. The fourth-order valence-corrected chi connectivity index (χ4v) is 3.63. The summed E-state index contributed by atoms with van der Waals surface area (Å²) in [5.74, 6) is -0.270. The van der Waals surface area contributed by atoms with Gasteiger partial charge in [-0.05, 0) is 63.4 Å². The Hall–Kier alpha value is -1.15. The van der Waals surface area contributed by atoms with Gasteiger partial charge in [0.25, 0.3) is 5.91 Å². The van der Waals surface area contributed by atoms with Gasteiger partial charge in [-0.2, -0.15) is 0 Å². The summed E-state index contributed by atoms with van der Waals surface area (Å²) in [5.41, 5.74) is 1.63. The zero-order chi connectivity index (χ0) is 16.5. The number of aryl methyl sites for hydroxylation is 1. The number of primary sulfonamides is 1. The fourth-order valence-electron chi connectivity index (χ4n) is 2.75. The molecule has 130 valence electrons. The highest BCUT2D eigenvalue weighted by molar-refractivity contribution is 7.89. The summed E-state index contributed by atoms with van der Waals surface area (Å²) < 4.78 is 23.3. The molecule has 1 aliphatic rings. The van der Waals surface area contributed by atoms with Crippen LogP contribution < -0.4 is 15.8 Å². The number of nitrogens with two attached hydrogens (primary N) is 1. The van der Waals surface area contributed by atoms with Crippen molar-refractivity contribution in [2.24, 2.45) is 5.14 Å². The Kier molecular flexibility index (Phi) is 6.59. The molecule has 2 rings (SSSR count). The molecule has 4 N–H and O–H groups in total. The van der Waals surface area contributed by atoms with E-state index < -0.39 is 10.0 Å². The van der Waals surface area contributed by atoms with E-state index in [2.05, 4.69) is 10.6 Å². The smallest absolute Gasteiger partial charge is 0.251 e. The molecule has 23 heavy (non-hydrogen) atoms. The Bertz CT molecular complexity index is 691. The number of benzene rings is 1.